The minimum atomic E-state index is -0.524. The highest BCUT2D eigenvalue weighted by Gasteiger charge is 2.32. The molecule has 5 aromatic carbocycles. The lowest BCUT2D eigenvalue weighted by atomic mass is 9.80. The van der Waals surface area contributed by atoms with Crippen molar-refractivity contribution in [2.24, 2.45) is 0 Å². The number of rotatable bonds is 29. The Kier molecular flexibility index (Phi) is 18.0. The van der Waals surface area contributed by atoms with Crippen LogP contribution in [0.3, 0.4) is 0 Å². The lowest BCUT2D eigenvalue weighted by molar-refractivity contribution is -0.147. The number of fused-ring (bicyclic) bond motifs is 1. The van der Waals surface area contributed by atoms with E-state index in [4.69, 9.17) is 43.0 Å². The average molecular weight is 906 g/mol. The molecule has 17 heteroatoms. The van der Waals surface area contributed by atoms with Crippen LogP contribution in [0.1, 0.15) is 60.4 Å². The molecule has 1 aliphatic carbocycles. The standard InChI is InChI=1S/C48H59NO16/c1-28-22-32-31(6-4-11-61-18-20-64-37(55)8-14-62-17-16-58-2)46(56)42-34(49-9-15-63-19-21-65-36(54)7-13-60-12-5-10-50)24-29(26-51)38-39-30(27-52)25-35(53)43-45(39)41(40(32)44(38)42)33(23-28)48(59-3)47(43)57/h22,24-25,49-52,57H,4-21,23,26-27H2,1-3H3. The summed E-state index contributed by atoms with van der Waals surface area (Å²) in [4.78, 5) is 53.2. The molecule has 0 spiro atoms. The lowest BCUT2D eigenvalue weighted by Crippen LogP contribution is -2.19. The number of nitrogens with one attached hydrogen (secondary N) is 1. The molecule has 0 fully saturated rings. The SMILES string of the molecule is COCCOCCC(=O)OCCOCCCc1c2c3c4c(c(OC)c(O)c5c(=O)cc(CO)c(c6c(CO)cc(NCCOCCOC(=O)CCOCCCO)c(c1=O)c63)c54)CC(C)=C2. The van der Waals surface area contributed by atoms with Crippen molar-refractivity contribution in [3.8, 4) is 11.5 Å². The van der Waals surface area contributed by atoms with Crippen LogP contribution in [0, 0.1) is 0 Å². The van der Waals surface area contributed by atoms with Gasteiger partial charge < -0.3 is 63.6 Å². The van der Waals surface area contributed by atoms with Crippen LogP contribution in [0.5, 0.6) is 11.5 Å². The van der Waals surface area contributed by atoms with Crippen molar-refractivity contribution in [3.63, 3.8) is 0 Å². The molecule has 0 saturated heterocycles. The maximum absolute atomic E-state index is 15.2. The fraction of sp³-hybridized carbons (Fsp3) is 0.500. The Bertz CT molecular complexity index is 2590. The lowest BCUT2D eigenvalue weighted by Gasteiger charge is -2.25. The maximum Gasteiger partial charge on any atom is 0.308 e. The van der Waals surface area contributed by atoms with Crippen molar-refractivity contribution >= 4 is 66.8 Å². The molecule has 0 atom stereocenters. The second-order valence-corrected chi connectivity index (χ2v) is 15.7. The Hall–Kier alpha value is -5.24. The number of ether oxygens (including phenoxy) is 8. The van der Waals surface area contributed by atoms with Gasteiger partial charge in [-0.15, -0.1) is 0 Å². The van der Waals surface area contributed by atoms with Crippen molar-refractivity contribution in [2.75, 3.05) is 105 Å². The molecule has 0 bridgehead atoms. The Morgan fingerprint density at radius 2 is 1.26 bits per heavy atom. The zero-order chi connectivity index (χ0) is 46.5. The Morgan fingerprint density at radius 1 is 0.662 bits per heavy atom. The van der Waals surface area contributed by atoms with Gasteiger partial charge in [-0.25, -0.2) is 0 Å². The van der Waals surface area contributed by atoms with Crippen molar-refractivity contribution < 1.29 is 67.9 Å². The first kappa shape index (κ1) is 49.2. The zero-order valence-electron chi connectivity index (χ0n) is 37.3. The predicted octanol–water partition coefficient (Wildman–Crippen LogP) is 3.86. The molecule has 0 unspecified atom stereocenters. The van der Waals surface area contributed by atoms with Crippen LogP contribution in [0.2, 0.25) is 0 Å². The van der Waals surface area contributed by atoms with Crippen LogP contribution in [0.15, 0.2) is 27.3 Å². The van der Waals surface area contributed by atoms with Gasteiger partial charge in [-0.2, -0.15) is 0 Å². The van der Waals surface area contributed by atoms with Crippen LogP contribution < -0.4 is 20.9 Å². The molecule has 17 nitrogen and oxygen atoms in total. The quantitative estimate of drug-likeness (QED) is 0.0198. The van der Waals surface area contributed by atoms with Gasteiger partial charge in [-0.3, -0.25) is 19.2 Å². The normalized spacial score (nSPS) is 12.5. The van der Waals surface area contributed by atoms with Crippen LogP contribution in [-0.2, 0) is 68.8 Å². The van der Waals surface area contributed by atoms with Gasteiger partial charge in [0, 0.05) is 61.1 Å². The molecule has 0 amide bonds. The summed E-state index contributed by atoms with van der Waals surface area (Å²) in [6.07, 6.45) is 3.65. The van der Waals surface area contributed by atoms with Gasteiger partial charge in [0.05, 0.1) is 90.2 Å². The third kappa shape index (κ3) is 11.1. The number of aliphatic hydroxyl groups excluding tert-OH is 3. The number of carbonyl (C=O) groups excluding carboxylic acids is 2. The number of benzene rings is 5. The third-order valence-corrected chi connectivity index (χ3v) is 11.3. The largest absolute Gasteiger partial charge is 0.504 e. The topological polar surface area (TPSA) is 235 Å². The van der Waals surface area contributed by atoms with E-state index >= 15 is 4.79 Å². The van der Waals surface area contributed by atoms with Gasteiger partial charge in [0.2, 0.25) is 0 Å². The summed E-state index contributed by atoms with van der Waals surface area (Å²) in [6, 6.07) is 2.98. The molecular formula is C48H59NO16. The van der Waals surface area contributed by atoms with Crippen molar-refractivity contribution in [1.82, 2.24) is 0 Å². The smallest absolute Gasteiger partial charge is 0.308 e. The van der Waals surface area contributed by atoms with Gasteiger partial charge in [0.25, 0.3) is 0 Å². The van der Waals surface area contributed by atoms with Crippen molar-refractivity contribution in [2.45, 2.75) is 58.7 Å². The minimum absolute atomic E-state index is 0.0107. The first-order valence-electron chi connectivity index (χ1n) is 21.9. The molecule has 5 N–H and O–H groups in total. The van der Waals surface area contributed by atoms with Gasteiger partial charge in [-0.1, -0.05) is 11.6 Å². The summed E-state index contributed by atoms with van der Waals surface area (Å²) in [6.45, 7) is 3.53. The summed E-state index contributed by atoms with van der Waals surface area (Å²) in [5, 5.41) is 49.2. The van der Waals surface area contributed by atoms with Crippen molar-refractivity contribution in [1.29, 1.82) is 0 Å². The van der Waals surface area contributed by atoms with Gasteiger partial charge in [0.15, 0.2) is 22.4 Å². The Labute approximate surface area is 375 Å². The third-order valence-electron chi connectivity index (χ3n) is 11.3. The van der Waals surface area contributed by atoms with Crippen LogP contribution in [0.25, 0.3) is 49.2 Å². The second kappa shape index (κ2) is 23.8. The fourth-order valence-corrected chi connectivity index (χ4v) is 8.58. The molecule has 0 saturated carbocycles. The van der Waals surface area contributed by atoms with Gasteiger partial charge in [0.1, 0.15) is 13.2 Å². The monoisotopic (exact) mass is 905 g/mol. The maximum atomic E-state index is 15.2. The molecule has 0 aliphatic heterocycles. The molecule has 65 heavy (non-hydrogen) atoms. The summed E-state index contributed by atoms with van der Waals surface area (Å²) in [5.41, 5.74) is 2.98. The number of carbonyl (C=O) groups is 2. The highest BCUT2D eigenvalue weighted by atomic mass is 16.6. The van der Waals surface area contributed by atoms with E-state index in [0.29, 0.717) is 105 Å². The second-order valence-electron chi connectivity index (χ2n) is 15.7. The summed E-state index contributed by atoms with van der Waals surface area (Å²) < 4.78 is 43.4. The van der Waals surface area contributed by atoms with Gasteiger partial charge >= 0.3 is 11.9 Å². The molecule has 0 radical (unpaired) electrons. The number of phenolic OH excluding ortho intramolecular Hbond substituents is 1. The molecule has 1 aliphatic rings. The van der Waals surface area contributed by atoms with E-state index in [9.17, 15) is 29.7 Å². The fourth-order valence-electron chi connectivity index (χ4n) is 8.58. The number of aromatic hydroxyl groups is 1. The predicted molar refractivity (Wildman–Crippen MR) is 244 cm³/mol. The first-order valence-corrected chi connectivity index (χ1v) is 21.9. The first-order chi connectivity index (χ1) is 31.6. The van der Waals surface area contributed by atoms with E-state index in [1.807, 2.05) is 13.0 Å². The van der Waals surface area contributed by atoms with Crippen LogP contribution >= 0.6 is 0 Å². The molecule has 0 aromatic heterocycles. The zero-order valence-corrected chi connectivity index (χ0v) is 37.3. The molecule has 0 heterocycles. The van der Waals surface area contributed by atoms with E-state index in [0.717, 1.165) is 5.57 Å². The number of allylic oxidation sites excluding steroid dienone is 1. The molecule has 5 aromatic rings. The Morgan fingerprint density at radius 3 is 1.91 bits per heavy atom. The number of phenols is 1. The number of hydrogen-bond acceptors (Lipinski definition) is 17. The highest BCUT2D eigenvalue weighted by Crippen LogP contribution is 2.53. The van der Waals surface area contributed by atoms with Crippen molar-refractivity contribution in [3.05, 3.63) is 66.0 Å². The van der Waals surface area contributed by atoms with E-state index in [1.54, 1.807) is 13.2 Å². The number of esters is 2. The van der Waals surface area contributed by atoms with Gasteiger partial charge in [-0.05, 0) is 83.0 Å². The van der Waals surface area contributed by atoms with E-state index in [2.05, 4.69) is 5.32 Å². The van der Waals surface area contributed by atoms with Crippen LogP contribution in [-0.4, -0.2) is 132 Å². The summed E-state index contributed by atoms with van der Waals surface area (Å²) in [7, 11) is 2.99. The summed E-state index contributed by atoms with van der Waals surface area (Å²) >= 11 is 0. The highest BCUT2D eigenvalue weighted by molar-refractivity contribution is 6.38. The molecular weight excluding hydrogens is 847 g/mol. The van der Waals surface area contributed by atoms with Crippen LogP contribution in [0.4, 0.5) is 5.69 Å². The number of aliphatic hydroxyl groups is 3. The number of hydrogen-bond donors (Lipinski definition) is 5. The average Bonchev–Trinajstić information content (AvgIpc) is 3.44. The molecule has 352 valence electrons. The molecule has 6 rings (SSSR count). The minimum Gasteiger partial charge on any atom is -0.504 e. The Balaban J connectivity index is 1.34. The van der Waals surface area contributed by atoms with E-state index in [-0.39, 0.29) is 113 Å². The number of anilines is 1. The number of methoxy groups -OCH3 is 2. The van der Waals surface area contributed by atoms with E-state index in [1.165, 1.54) is 13.2 Å². The summed E-state index contributed by atoms with van der Waals surface area (Å²) in [5.74, 6) is -1.03. The van der Waals surface area contributed by atoms with E-state index < -0.39 is 30.6 Å².